The number of ketones is 3. The molecule has 26 heavy (non-hydrogen) atoms. The number of allylic oxidation sites excluding steroid dienone is 3. The molecule has 0 N–H and O–H groups in total. The summed E-state index contributed by atoms with van der Waals surface area (Å²) in [7, 11) is 0. The van der Waals surface area contributed by atoms with E-state index in [1.165, 1.54) is 6.92 Å². The third-order valence-electron chi connectivity index (χ3n) is 4.52. The Kier molecular flexibility index (Phi) is 5.08. The summed E-state index contributed by atoms with van der Waals surface area (Å²) >= 11 is 0. The molecule has 0 spiro atoms. The number of carbonyl (C=O) groups excluding carboxylic acids is 3. The quantitative estimate of drug-likeness (QED) is 0.587. The van der Waals surface area contributed by atoms with Gasteiger partial charge in [-0.15, -0.1) is 0 Å². The lowest BCUT2D eigenvalue weighted by Crippen LogP contribution is -1.94. The molecule has 0 unspecified atom stereocenters. The first-order valence-corrected chi connectivity index (χ1v) is 8.57. The molecule has 0 aliphatic heterocycles. The fourth-order valence-corrected chi connectivity index (χ4v) is 3.03. The Bertz CT molecular complexity index is 926. The van der Waals surface area contributed by atoms with E-state index < -0.39 is 0 Å². The van der Waals surface area contributed by atoms with E-state index in [0.29, 0.717) is 24.0 Å². The summed E-state index contributed by atoms with van der Waals surface area (Å²) < 4.78 is 0. The summed E-state index contributed by atoms with van der Waals surface area (Å²) in [6.07, 6.45) is 4.91. The van der Waals surface area contributed by atoms with Gasteiger partial charge in [-0.2, -0.15) is 0 Å². The number of carbonyl (C=O) groups is 3. The normalized spacial score (nSPS) is 15.2. The van der Waals surface area contributed by atoms with Crippen LogP contribution in [-0.2, 0) is 11.2 Å². The van der Waals surface area contributed by atoms with E-state index >= 15 is 0 Å². The highest BCUT2D eigenvalue weighted by Gasteiger charge is 2.18. The lowest BCUT2D eigenvalue weighted by atomic mass is 10.0. The molecule has 0 aromatic heterocycles. The van der Waals surface area contributed by atoms with E-state index in [1.54, 1.807) is 25.1 Å². The van der Waals surface area contributed by atoms with Gasteiger partial charge in [0.2, 0.25) is 0 Å². The molecule has 0 fully saturated rings. The fourth-order valence-electron chi connectivity index (χ4n) is 3.03. The van der Waals surface area contributed by atoms with E-state index in [0.717, 1.165) is 22.3 Å². The van der Waals surface area contributed by atoms with Crippen molar-refractivity contribution < 1.29 is 14.4 Å². The maximum absolute atomic E-state index is 12.3. The Hall–Kier alpha value is -3.07. The lowest BCUT2D eigenvalue weighted by Gasteiger charge is -2.04. The Balaban J connectivity index is 1.70. The van der Waals surface area contributed by atoms with Crippen LogP contribution in [0.15, 0.2) is 65.8 Å². The summed E-state index contributed by atoms with van der Waals surface area (Å²) in [4.78, 5) is 34.9. The summed E-state index contributed by atoms with van der Waals surface area (Å²) in [6, 6.07) is 14.8. The second-order valence-electron chi connectivity index (χ2n) is 6.62. The standard InChI is InChI=1S/C23H20O3/c1-15(24)20-7-3-17(4-8-20)11-19-13-22(23(26)14-19)12-18-5-9-21(10-6-18)16(2)25/h3-10,12,14H,11,13H2,1-2H3/b22-12+. The molecule has 1 aliphatic carbocycles. The molecule has 0 bridgehead atoms. The summed E-state index contributed by atoms with van der Waals surface area (Å²) in [6.45, 7) is 3.08. The highest BCUT2D eigenvalue weighted by Crippen LogP contribution is 2.26. The fraction of sp³-hybridized carbons (Fsp3) is 0.174. The van der Waals surface area contributed by atoms with E-state index in [-0.39, 0.29) is 17.3 Å². The number of Topliss-reactive ketones (excluding diaryl/α,β-unsaturated/α-hetero) is 2. The number of benzene rings is 2. The topological polar surface area (TPSA) is 51.2 Å². The van der Waals surface area contributed by atoms with Crippen LogP contribution in [0, 0.1) is 0 Å². The van der Waals surface area contributed by atoms with Gasteiger partial charge in [-0.1, -0.05) is 54.1 Å². The smallest absolute Gasteiger partial charge is 0.182 e. The first-order valence-electron chi connectivity index (χ1n) is 8.57. The van der Waals surface area contributed by atoms with Crippen molar-refractivity contribution in [3.63, 3.8) is 0 Å². The molecule has 0 heterocycles. The lowest BCUT2D eigenvalue weighted by molar-refractivity contribution is -0.111. The monoisotopic (exact) mass is 344 g/mol. The van der Waals surface area contributed by atoms with E-state index in [4.69, 9.17) is 0 Å². The molecule has 0 atom stereocenters. The summed E-state index contributed by atoms with van der Waals surface area (Å²) in [5.41, 5.74) is 5.19. The maximum atomic E-state index is 12.3. The van der Waals surface area contributed by atoms with Gasteiger partial charge in [0.25, 0.3) is 0 Å². The SMILES string of the molecule is CC(=O)c1ccc(/C=C2\CC(Cc3ccc(C(C)=O)cc3)=CC2=O)cc1. The van der Waals surface area contributed by atoms with Gasteiger partial charge >= 0.3 is 0 Å². The Morgan fingerprint density at radius 3 is 1.96 bits per heavy atom. The first-order chi connectivity index (χ1) is 12.4. The minimum Gasteiger partial charge on any atom is -0.295 e. The molecule has 1 aliphatic rings. The Morgan fingerprint density at radius 2 is 1.42 bits per heavy atom. The molecule has 0 amide bonds. The van der Waals surface area contributed by atoms with Crippen molar-refractivity contribution in [1.29, 1.82) is 0 Å². The zero-order valence-electron chi connectivity index (χ0n) is 14.9. The van der Waals surface area contributed by atoms with Crippen molar-refractivity contribution in [2.45, 2.75) is 26.7 Å². The van der Waals surface area contributed by atoms with Gasteiger partial charge in [0, 0.05) is 16.7 Å². The second-order valence-corrected chi connectivity index (χ2v) is 6.62. The van der Waals surface area contributed by atoms with Crippen LogP contribution >= 0.6 is 0 Å². The summed E-state index contributed by atoms with van der Waals surface area (Å²) in [5.74, 6) is 0.115. The highest BCUT2D eigenvalue weighted by atomic mass is 16.1. The molecule has 3 nitrogen and oxygen atoms in total. The van der Waals surface area contributed by atoms with Crippen LogP contribution in [0.25, 0.3) is 6.08 Å². The molecule has 0 saturated carbocycles. The Labute approximate surface area is 153 Å². The zero-order valence-corrected chi connectivity index (χ0v) is 14.9. The van der Waals surface area contributed by atoms with Crippen LogP contribution in [0.4, 0.5) is 0 Å². The van der Waals surface area contributed by atoms with Gasteiger partial charge in [0.05, 0.1) is 0 Å². The van der Waals surface area contributed by atoms with Crippen LogP contribution in [0.3, 0.4) is 0 Å². The molecule has 3 heteroatoms. The van der Waals surface area contributed by atoms with Gasteiger partial charge in [-0.3, -0.25) is 14.4 Å². The van der Waals surface area contributed by atoms with Gasteiger partial charge in [-0.05, 0) is 50.0 Å². The largest absolute Gasteiger partial charge is 0.295 e. The van der Waals surface area contributed by atoms with Crippen LogP contribution < -0.4 is 0 Å². The third-order valence-corrected chi connectivity index (χ3v) is 4.52. The molecule has 2 aromatic carbocycles. The van der Waals surface area contributed by atoms with Crippen molar-refractivity contribution in [1.82, 2.24) is 0 Å². The molecule has 2 aromatic rings. The molecular weight excluding hydrogens is 324 g/mol. The van der Waals surface area contributed by atoms with Gasteiger partial charge in [0.1, 0.15) is 0 Å². The predicted molar refractivity (Wildman–Crippen MR) is 102 cm³/mol. The van der Waals surface area contributed by atoms with Gasteiger partial charge in [0.15, 0.2) is 17.3 Å². The van der Waals surface area contributed by atoms with E-state index in [1.807, 2.05) is 42.5 Å². The number of rotatable bonds is 5. The van der Waals surface area contributed by atoms with Crippen molar-refractivity contribution in [3.05, 3.63) is 88.0 Å². The van der Waals surface area contributed by atoms with Crippen LogP contribution in [-0.4, -0.2) is 17.3 Å². The Morgan fingerprint density at radius 1 is 0.885 bits per heavy atom. The molecular formula is C23H20O3. The number of hydrogen-bond donors (Lipinski definition) is 0. The van der Waals surface area contributed by atoms with Crippen LogP contribution in [0.2, 0.25) is 0 Å². The molecule has 130 valence electrons. The summed E-state index contributed by atoms with van der Waals surface area (Å²) in [5, 5.41) is 0. The molecule has 0 saturated heterocycles. The third kappa shape index (κ3) is 4.12. The first kappa shape index (κ1) is 17.7. The van der Waals surface area contributed by atoms with Crippen LogP contribution in [0.5, 0.6) is 0 Å². The average molecular weight is 344 g/mol. The van der Waals surface area contributed by atoms with Gasteiger partial charge < -0.3 is 0 Å². The molecule has 3 rings (SSSR count). The predicted octanol–water partition coefficient (Wildman–Crippen LogP) is 4.62. The van der Waals surface area contributed by atoms with E-state index in [2.05, 4.69) is 0 Å². The van der Waals surface area contributed by atoms with Crippen molar-refractivity contribution in [2.24, 2.45) is 0 Å². The maximum Gasteiger partial charge on any atom is 0.182 e. The number of hydrogen-bond acceptors (Lipinski definition) is 3. The van der Waals surface area contributed by atoms with Crippen molar-refractivity contribution in [2.75, 3.05) is 0 Å². The highest BCUT2D eigenvalue weighted by molar-refractivity contribution is 6.10. The van der Waals surface area contributed by atoms with Crippen LogP contribution in [0.1, 0.15) is 52.1 Å². The van der Waals surface area contributed by atoms with E-state index in [9.17, 15) is 14.4 Å². The zero-order chi connectivity index (χ0) is 18.7. The minimum absolute atomic E-state index is 0.0286. The van der Waals surface area contributed by atoms with Crippen molar-refractivity contribution >= 4 is 23.4 Å². The average Bonchev–Trinajstić information content (AvgIpc) is 2.95. The molecule has 0 radical (unpaired) electrons. The van der Waals surface area contributed by atoms with Crippen molar-refractivity contribution in [3.8, 4) is 0 Å². The second kappa shape index (κ2) is 7.44. The minimum atomic E-state index is 0.0286. The van der Waals surface area contributed by atoms with Gasteiger partial charge in [-0.25, -0.2) is 0 Å².